The van der Waals surface area contributed by atoms with Gasteiger partial charge in [0.2, 0.25) is 0 Å². The zero-order chi connectivity index (χ0) is 8.97. The monoisotopic (exact) mass is 165 g/mol. The zero-order valence-electron chi connectivity index (χ0n) is 6.14. The zero-order valence-corrected chi connectivity index (χ0v) is 6.14. The van der Waals surface area contributed by atoms with Crippen molar-refractivity contribution in [1.29, 1.82) is 0 Å². The van der Waals surface area contributed by atoms with Crippen molar-refractivity contribution in [2.24, 2.45) is 16.2 Å². The van der Waals surface area contributed by atoms with Crippen molar-refractivity contribution in [1.82, 2.24) is 0 Å². The maximum atomic E-state index is 10.4. The van der Waals surface area contributed by atoms with Crippen molar-refractivity contribution in [3.05, 3.63) is 29.8 Å². The Morgan fingerprint density at radius 3 is 2.33 bits per heavy atom. The van der Waals surface area contributed by atoms with E-state index < -0.39 is 5.97 Å². The minimum Gasteiger partial charge on any atom is -0.478 e. The summed E-state index contributed by atoms with van der Waals surface area (Å²) in [5.41, 5.74) is 0.744. The number of nitrogens with zero attached hydrogens (tertiary/aromatic N) is 2. The molecule has 0 saturated heterocycles. The SMILES string of the molecule is NN=Nc1ccc(C(=O)O)cc1. The van der Waals surface area contributed by atoms with Crippen LogP contribution in [0.3, 0.4) is 0 Å². The predicted molar refractivity (Wildman–Crippen MR) is 42.1 cm³/mol. The molecule has 5 heteroatoms. The first-order valence-electron chi connectivity index (χ1n) is 3.18. The van der Waals surface area contributed by atoms with Crippen LogP contribution in [0.2, 0.25) is 0 Å². The average molecular weight is 165 g/mol. The molecule has 0 radical (unpaired) electrons. The molecule has 0 unspecified atom stereocenters. The van der Waals surface area contributed by atoms with Gasteiger partial charge < -0.3 is 10.9 Å². The van der Waals surface area contributed by atoms with Crippen LogP contribution in [0, 0.1) is 0 Å². The molecule has 0 fully saturated rings. The molecule has 0 atom stereocenters. The lowest BCUT2D eigenvalue weighted by Gasteiger charge is -1.93. The highest BCUT2D eigenvalue weighted by molar-refractivity contribution is 5.87. The molecule has 0 heterocycles. The second-order valence-electron chi connectivity index (χ2n) is 2.07. The van der Waals surface area contributed by atoms with E-state index in [9.17, 15) is 4.79 Å². The number of hydrogen-bond donors (Lipinski definition) is 2. The van der Waals surface area contributed by atoms with Crippen LogP contribution in [-0.4, -0.2) is 11.1 Å². The van der Waals surface area contributed by atoms with Gasteiger partial charge in [-0.05, 0) is 24.3 Å². The first-order valence-corrected chi connectivity index (χ1v) is 3.18. The molecular formula is C7H7N3O2. The van der Waals surface area contributed by atoms with Crippen molar-refractivity contribution in [3.8, 4) is 0 Å². The summed E-state index contributed by atoms with van der Waals surface area (Å²) in [6.45, 7) is 0. The highest BCUT2D eigenvalue weighted by Gasteiger charge is 2.00. The Bertz CT molecular complexity index is 305. The quantitative estimate of drug-likeness (QED) is 0.393. The summed E-state index contributed by atoms with van der Waals surface area (Å²) in [6.07, 6.45) is 0. The minimum absolute atomic E-state index is 0.214. The number of rotatable bonds is 2. The Morgan fingerprint density at radius 1 is 1.33 bits per heavy atom. The summed E-state index contributed by atoms with van der Waals surface area (Å²) in [7, 11) is 0. The van der Waals surface area contributed by atoms with E-state index in [0.29, 0.717) is 5.69 Å². The molecule has 0 aliphatic heterocycles. The smallest absolute Gasteiger partial charge is 0.335 e. The van der Waals surface area contributed by atoms with Gasteiger partial charge in [-0.25, -0.2) is 4.79 Å². The Balaban J connectivity index is 2.93. The number of carbonyl (C=O) groups is 1. The van der Waals surface area contributed by atoms with Gasteiger partial charge in [0.05, 0.1) is 11.3 Å². The van der Waals surface area contributed by atoms with Gasteiger partial charge >= 0.3 is 5.97 Å². The molecule has 1 aromatic carbocycles. The lowest BCUT2D eigenvalue weighted by molar-refractivity contribution is 0.0697. The van der Waals surface area contributed by atoms with Gasteiger partial charge in [0.25, 0.3) is 0 Å². The molecule has 0 spiro atoms. The van der Waals surface area contributed by atoms with E-state index in [4.69, 9.17) is 10.9 Å². The molecule has 0 aromatic heterocycles. The molecule has 1 aromatic rings. The normalized spacial score (nSPS) is 10.3. The Hall–Kier alpha value is -1.91. The third-order valence-electron chi connectivity index (χ3n) is 1.29. The van der Waals surface area contributed by atoms with E-state index in [1.54, 1.807) is 0 Å². The number of nitrogens with two attached hydrogens (primary N) is 1. The van der Waals surface area contributed by atoms with Crippen molar-refractivity contribution < 1.29 is 9.90 Å². The van der Waals surface area contributed by atoms with E-state index >= 15 is 0 Å². The molecular weight excluding hydrogens is 158 g/mol. The first-order chi connectivity index (χ1) is 5.74. The molecule has 12 heavy (non-hydrogen) atoms. The van der Waals surface area contributed by atoms with Crippen molar-refractivity contribution >= 4 is 11.7 Å². The van der Waals surface area contributed by atoms with Gasteiger partial charge in [0.1, 0.15) is 0 Å². The van der Waals surface area contributed by atoms with Crippen molar-refractivity contribution in [3.63, 3.8) is 0 Å². The maximum Gasteiger partial charge on any atom is 0.335 e. The average Bonchev–Trinajstić information content (AvgIpc) is 2.06. The Morgan fingerprint density at radius 2 is 1.92 bits per heavy atom. The van der Waals surface area contributed by atoms with Crippen LogP contribution in [0.25, 0.3) is 0 Å². The fourth-order valence-electron chi connectivity index (χ4n) is 0.737. The highest BCUT2D eigenvalue weighted by atomic mass is 16.4. The molecule has 1 rings (SSSR count). The number of carboxylic acid groups (broad SMARTS) is 1. The number of aromatic carboxylic acids is 1. The Labute approximate surface area is 68.5 Å². The summed E-state index contributed by atoms with van der Waals surface area (Å²) in [5.74, 6) is 3.83. The van der Waals surface area contributed by atoms with Crippen molar-refractivity contribution in [2.75, 3.05) is 0 Å². The third-order valence-corrected chi connectivity index (χ3v) is 1.29. The van der Waals surface area contributed by atoms with Crippen LogP contribution in [0.15, 0.2) is 34.6 Å². The minimum atomic E-state index is -0.966. The first kappa shape index (κ1) is 8.19. The standard InChI is InChI=1S/C7H7N3O2/c8-10-9-6-3-1-5(2-4-6)7(11)12/h1-4H,(H2,8,9)(H,11,12). The van der Waals surface area contributed by atoms with Crippen molar-refractivity contribution in [2.45, 2.75) is 0 Å². The van der Waals surface area contributed by atoms with Crippen LogP contribution in [0.5, 0.6) is 0 Å². The van der Waals surface area contributed by atoms with Crippen LogP contribution >= 0.6 is 0 Å². The predicted octanol–water partition coefficient (Wildman–Crippen LogP) is 1.34. The number of benzene rings is 1. The molecule has 0 aliphatic rings. The van der Waals surface area contributed by atoms with E-state index in [-0.39, 0.29) is 5.56 Å². The molecule has 0 saturated carbocycles. The molecule has 0 bridgehead atoms. The van der Waals surface area contributed by atoms with Crippen LogP contribution in [0.1, 0.15) is 10.4 Å². The molecule has 3 N–H and O–H groups in total. The van der Waals surface area contributed by atoms with Gasteiger partial charge in [-0.2, -0.15) is 0 Å². The fraction of sp³-hybridized carbons (Fsp3) is 0. The lowest BCUT2D eigenvalue weighted by Crippen LogP contribution is -1.94. The molecule has 5 nitrogen and oxygen atoms in total. The Kier molecular flexibility index (Phi) is 2.37. The van der Waals surface area contributed by atoms with E-state index in [1.807, 2.05) is 0 Å². The number of hydrogen-bond acceptors (Lipinski definition) is 3. The fourth-order valence-corrected chi connectivity index (χ4v) is 0.737. The third kappa shape index (κ3) is 1.79. The summed E-state index contributed by atoms with van der Waals surface area (Å²) in [6, 6.07) is 5.93. The summed E-state index contributed by atoms with van der Waals surface area (Å²) in [4.78, 5) is 10.4. The van der Waals surface area contributed by atoms with Gasteiger partial charge in [0, 0.05) is 0 Å². The second-order valence-corrected chi connectivity index (χ2v) is 2.07. The van der Waals surface area contributed by atoms with Crippen LogP contribution in [-0.2, 0) is 0 Å². The van der Waals surface area contributed by atoms with Gasteiger partial charge in [-0.1, -0.05) is 5.22 Å². The largest absolute Gasteiger partial charge is 0.478 e. The lowest BCUT2D eigenvalue weighted by atomic mass is 10.2. The molecule has 62 valence electrons. The van der Waals surface area contributed by atoms with Gasteiger partial charge in [-0.15, -0.1) is 5.11 Å². The topological polar surface area (TPSA) is 88.0 Å². The molecule has 0 amide bonds. The summed E-state index contributed by atoms with van der Waals surface area (Å²) in [5, 5.41) is 15.1. The van der Waals surface area contributed by atoms with E-state index in [1.165, 1.54) is 24.3 Å². The van der Waals surface area contributed by atoms with Crippen LogP contribution < -0.4 is 5.84 Å². The van der Waals surface area contributed by atoms with E-state index in [2.05, 4.69) is 10.3 Å². The highest BCUT2D eigenvalue weighted by Crippen LogP contribution is 2.12. The maximum absolute atomic E-state index is 10.4. The summed E-state index contributed by atoms with van der Waals surface area (Å²) < 4.78 is 0. The van der Waals surface area contributed by atoms with Crippen LogP contribution in [0.4, 0.5) is 5.69 Å². The second kappa shape index (κ2) is 3.47. The van der Waals surface area contributed by atoms with E-state index in [0.717, 1.165) is 0 Å². The summed E-state index contributed by atoms with van der Waals surface area (Å²) >= 11 is 0. The number of carboxylic acids is 1. The van der Waals surface area contributed by atoms with Gasteiger partial charge in [0.15, 0.2) is 0 Å². The van der Waals surface area contributed by atoms with Gasteiger partial charge in [-0.3, -0.25) is 0 Å². The molecule has 0 aliphatic carbocycles.